The summed E-state index contributed by atoms with van der Waals surface area (Å²) in [6, 6.07) is 40.4. The van der Waals surface area contributed by atoms with Crippen LogP contribution < -0.4 is 0 Å². The highest BCUT2D eigenvalue weighted by atomic mass is 79.9. The minimum atomic E-state index is 0.216. The van der Waals surface area contributed by atoms with E-state index in [2.05, 4.69) is 191 Å². The Hall–Kier alpha value is -2.96. The lowest BCUT2D eigenvalue weighted by molar-refractivity contribution is 1.01. The summed E-state index contributed by atoms with van der Waals surface area (Å²) in [5, 5.41) is 2.47. The molecule has 0 bridgehead atoms. The fourth-order valence-corrected chi connectivity index (χ4v) is 8.50. The second-order valence-electron chi connectivity index (χ2n) is 11.6. The molecule has 1 aromatic heterocycles. The molecule has 7 aromatic rings. The highest BCUT2D eigenvalue weighted by molar-refractivity contribution is 9.11. The van der Waals surface area contributed by atoms with E-state index in [1.807, 2.05) is 0 Å². The molecule has 0 amide bonds. The first kappa shape index (κ1) is 28.5. The standard InChI is InChI=1S/C39H25Br4N/c1-21-15-23(39-31-10-4-24(40)17-33(31)34-18-25(41)5-11-32(34)39)3-9-29(21)30-12-8-28(16-22(30)2)44-37-13-6-26(42)19-35(37)36-20-27(43)7-14-38(36)44/h3-20,39H,1-2H3. The van der Waals surface area contributed by atoms with Crippen molar-refractivity contribution in [1.82, 2.24) is 4.57 Å². The van der Waals surface area contributed by atoms with Crippen molar-refractivity contribution in [2.75, 3.05) is 0 Å². The molecule has 0 atom stereocenters. The predicted octanol–water partition coefficient (Wildman–Crippen LogP) is 13.3. The first-order chi connectivity index (χ1) is 21.3. The van der Waals surface area contributed by atoms with Gasteiger partial charge in [0.2, 0.25) is 0 Å². The average Bonchev–Trinajstić information content (AvgIpc) is 3.48. The molecule has 1 aliphatic carbocycles. The van der Waals surface area contributed by atoms with Crippen LogP contribution in [0.15, 0.2) is 127 Å². The molecular weight excluding hydrogens is 802 g/mol. The molecule has 0 spiro atoms. The van der Waals surface area contributed by atoms with E-state index in [1.54, 1.807) is 0 Å². The van der Waals surface area contributed by atoms with Crippen LogP contribution in [-0.4, -0.2) is 4.57 Å². The third-order valence-corrected chi connectivity index (χ3v) is 10.9. The largest absolute Gasteiger partial charge is 0.309 e. The van der Waals surface area contributed by atoms with Gasteiger partial charge in [0.15, 0.2) is 0 Å². The van der Waals surface area contributed by atoms with E-state index in [9.17, 15) is 0 Å². The maximum atomic E-state index is 3.69. The Morgan fingerprint density at radius 1 is 0.455 bits per heavy atom. The fraction of sp³-hybridized carbons (Fsp3) is 0.0769. The minimum absolute atomic E-state index is 0.216. The monoisotopic (exact) mass is 823 g/mol. The van der Waals surface area contributed by atoms with Gasteiger partial charge in [0.25, 0.3) is 0 Å². The fourth-order valence-electron chi connectivity index (χ4n) is 7.06. The Labute approximate surface area is 290 Å². The number of hydrogen-bond donors (Lipinski definition) is 0. The molecule has 0 radical (unpaired) electrons. The summed E-state index contributed by atoms with van der Waals surface area (Å²) in [6.45, 7) is 4.47. The highest BCUT2D eigenvalue weighted by Crippen LogP contribution is 2.50. The van der Waals surface area contributed by atoms with Crippen molar-refractivity contribution in [3.8, 4) is 27.9 Å². The molecule has 1 heterocycles. The number of fused-ring (bicyclic) bond motifs is 6. The number of halogens is 4. The van der Waals surface area contributed by atoms with Gasteiger partial charge in [0.05, 0.1) is 11.0 Å². The van der Waals surface area contributed by atoms with Crippen LogP contribution >= 0.6 is 63.7 Å². The van der Waals surface area contributed by atoms with Gasteiger partial charge in [-0.2, -0.15) is 0 Å². The molecule has 1 nitrogen and oxygen atoms in total. The van der Waals surface area contributed by atoms with Crippen molar-refractivity contribution in [1.29, 1.82) is 0 Å². The Morgan fingerprint density at radius 2 is 0.932 bits per heavy atom. The van der Waals surface area contributed by atoms with Crippen LogP contribution in [0, 0.1) is 13.8 Å². The molecule has 0 fully saturated rings. The Kier molecular flexibility index (Phi) is 7.02. The van der Waals surface area contributed by atoms with Gasteiger partial charge >= 0.3 is 0 Å². The quantitative estimate of drug-likeness (QED) is 0.167. The lowest BCUT2D eigenvalue weighted by Gasteiger charge is -2.18. The summed E-state index contributed by atoms with van der Waals surface area (Å²) in [5.41, 5.74) is 15.3. The van der Waals surface area contributed by atoms with Crippen LogP contribution in [0.2, 0.25) is 0 Å². The van der Waals surface area contributed by atoms with Crippen molar-refractivity contribution in [2.24, 2.45) is 0 Å². The topological polar surface area (TPSA) is 4.93 Å². The summed E-state index contributed by atoms with van der Waals surface area (Å²) in [5.74, 6) is 0.216. The lowest BCUT2D eigenvalue weighted by atomic mass is 9.86. The van der Waals surface area contributed by atoms with Crippen LogP contribution in [0.5, 0.6) is 0 Å². The Bertz CT molecular complexity index is 2200. The molecule has 214 valence electrons. The molecule has 1 aliphatic rings. The van der Waals surface area contributed by atoms with Gasteiger partial charge in [-0.3, -0.25) is 0 Å². The molecule has 8 rings (SSSR count). The van der Waals surface area contributed by atoms with E-state index in [1.165, 1.54) is 77.6 Å². The van der Waals surface area contributed by atoms with Crippen LogP contribution in [0.3, 0.4) is 0 Å². The maximum absolute atomic E-state index is 3.69. The van der Waals surface area contributed by atoms with Crippen molar-refractivity contribution in [2.45, 2.75) is 19.8 Å². The van der Waals surface area contributed by atoms with Gasteiger partial charge < -0.3 is 4.57 Å². The summed E-state index contributed by atoms with van der Waals surface area (Å²) in [4.78, 5) is 0. The smallest absolute Gasteiger partial charge is 0.0541 e. The summed E-state index contributed by atoms with van der Waals surface area (Å²) >= 11 is 14.7. The number of aromatic nitrogens is 1. The van der Waals surface area contributed by atoms with E-state index >= 15 is 0 Å². The first-order valence-corrected chi connectivity index (χ1v) is 17.6. The molecular formula is C39H25Br4N. The van der Waals surface area contributed by atoms with Crippen LogP contribution in [0.4, 0.5) is 0 Å². The summed E-state index contributed by atoms with van der Waals surface area (Å²) in [7, 11) is 0. The lowest BCUT2D eigenvalue weighted by Crippen LogP contribution is -2.01. The molecule has 44 heavy (non-hydrogen) atoms. The van der Waals surface area contributed by atoms with Crippen LogP contribution in [0.1, 0.15) is 33.7 Å². The molecule has 0 saturated heterocycles. The normalized spacial score (nSPS) is 12.7. The van der Waals surface area contributed by atoms with Gasteiger partial charge in [-0.25, -0.2) is 0 Å². The van der Waals surface area contributed by atoms with Gasteiger partial charge in [0.1, 0.15) is 0 Å². The zero-order chi connectivity index (χ0) is 30.3. The maximum Gasteiger partial charge on any atom is 0.0541 e. The van der Waals surface area contributed by atoms with E-state index in [0.29, 0.717) is 0 Å². The Morgan fingerprint density at radius 3 is 1.45 bits per heavy atom. The number of aryl methyl sites for hydroxylation is 2. The van der Waals surface area contributed by atoms with Gasteiger partial charge in [0, 0.05) is 40.3 Å². The summed E-state index contributed by atoms with van der Waals surface area (Å²) < 4.78 is 6.76. The minimum Gasteiger partial charge on any atom is -0.309 e. The second kappa shape index (κ2) is 10.8. The first-order valence-electron chi connectivity index (χ1n) is 14.5. The van der Waals surface area contributed by atoms with Crippen molar-refractivity contribution in [3.05, 3.63) is 155 Å². The van der Waals surface area contributed by atoms with Crippen molar-refractivity contribution in [3.63, 3.8) is 0 Å². The Balaban J connectivity index is 1.21. The average molecular weight is 827 g/mol. The molecule has 6 aromatic carbocycles. The summed E-state index contributed by atoms with van der Waals surface area (Å²) in [6.07, 6.45) is 0. The van der Waals surface area contributed by atoms with Gasteiger partial charge in [-0.1, -0.05) is 100 Å². The molecule has 0 aliphatic heterocycles. The third kappa shape index (κ3) is 4.58. The SMILES string of the molecule is Cc1cc(C2c3ccc(Br)cc3-c3cc(Br)ccc32)ccc1-c1ccc(-n2c3ccc(Br)cc3c3cc(Br)ccc32)cc1C. The molecule has 0 unspecified atom stereocenters. The van der Waals surface area contributed by atoms with Crippen LogP contribution in [0.25, 0.3) is 49.7 Å². The van der Waals surface area contributed by atoms with Gasteiger partial charge in [-0.15, -0.1) is 0 Å². The van der Waals surface area contributed by atoms with E-state index < -0.39 is 0 Å². The second-order valence-corrected chi connectivity index (χ2v) is 15.3. The van der Waals surface area contributed by atoms with Crippen molar-refractivity contribution >= 4 is 85.5 Å². The number of hydrogen-bond acceptors (Lipinski definition) is 0. The number of nitrogens with zero attached hydrogens (tertiary/aromatic N) is 1. The van der Waals surface area contributed by atoms with E-state index in [-0.39, 0.29) is 5.92 Å². The van der Waals surface area contributed by atoms with Gasteiger partial charge in [-0.05, 0) is 137 Å². The third-order valence-electron chi connectivity index (χ3n) is 8.97. The van der Waals surface area contributed by atoms with E-state index in [0.717, 1.165) is 17.9 Å². The highest BCUT2D eigenvalue weighted by Gasteiger charge is 2.30. The zero-order valence-electron chi connectivity index (χ0n) is 23.9. The molecule has 5 heteroatoms. The number of benzene rings is 6. The number of rotatable bonds is 3. The zero-order valence-corrected chi connectivity index (χ0v) is 30.3. The molecule has 0 saturated carbocycles. The van der Waals surface area contributed by atoms with E-state index in [4.69, 9.17) is 0 Å². The van der Waals surface area contributed by atoms with Crippen molar-refractivity contribution < 1.29 is 0 Å². The molecule has 0 N–H and O–H groups in total. The predicted molar refractivity (Wildman–Crippen MR) is 199 cm³/mol. The van der Waals surface area contributed by atoms with Crippen LogP contribution in [-0.2, 0) is 0 Å².